The van der Waals surface area contributed by atoms with Gasteiger partial charge in [-0.2, -0.15) is 0 Å². The van der Waals surface area contributed by atoms with Crippen molar-refractivity contribution in [2.45, 2.75) is 77.8 Å². The highest BCUT2D eigenvalue weighted by molar-refractivity contribution is 7.02. The van der Waals surface area contributed by atoms with Gasteiger partial charge in [0.2, 0.25) is 0 Å². The molecule has 2 aliphatic rings. The van der Waals surface area contributed by atoms with Crippen molar-refractivity contribution in [3.05, 3.63) is 278 Å². The zero-order valence-corrected chi connectivity index (χ0v) is 56.2. The van der Waals surface area contributed by atoms with Gasteiger partial charge in [-0.3, -0.25) is 0 Å². The maximum atomic E-state index is 6.19. The summed E-state index contributed by atoms with van der Waals surface area (Å²) in [6, 6.07) is 99.0. The lowest BCUT2D eigenvalue weighted by molar-refractivity contribution is 0.00578. The first-order chi connectivity index (χ1) is 45.9. The Bertz CT molecular complexity index is 5450. The number of rotatable bonds is 4. The predicted molar refractivity (Wildman–Crippen MR) is 409 cm³/mol. The normalized spacial score (nSPS) is 15.4. The first kappa shape index (κ1) is 61.9. The van der Waals surface area contributed by atoms with E-state index in [9.17, 15) is 0 Å². The molecule has 0 aliphatic carbocycles. The second kappa shape index (κ2) is 24.2. The number of halogens is 1. The van der Waals surface area contributed by atoms with Crippen molar-refractivity contribution in [1.29, 1.82) is 5.16 Å². The Kier molecular flexibility index (Phi) is 15.8. The minimum atomic E-state index is -0.350. The molecular formula is C86H70B2ClNO4P-. The molecule has 462 valence electrons. The zero-order chi connectivity index (χ0) is 65.5. The maximum absolute atomic E-state index is 6.19. The number of fused-ring (bicyclic) bond motifs is 17. The van der Waals surface area contributed by atoms with Crippen LogP contribution in [0, 0.1) is 5.16 Å². The fourth-order valence-electron chi connectivity index (χ4n) is 13.9. The SMILES string of the molecule is CC1(C)OB(c2ccc3cc(B4OC(C)(C)C(C)(C)O4)ccc3c2)OC1(C)C.Clc1ccc2ccc3c4ccccc4ccc3c2c1.N=[P-].c1ccc2c(c1)ccc1c3cc(-c4ccc5cc(-c6ccc7ccc8c9ccccc9ccc8c7c6)ccc5c4)ccc3ccc21. The lowest BCUT2D eigenvalue weighted by Crippen LogP contribution is -2.41. The van der Waals surface area contributed by atoms with E-state index in [0.717, 1.165) is 26.7 Å². The average Bonchev–Trinajstić information content (AvgIpc) is 1.19. The molecule has 95 heavy (non-hydrogen) atoms. The van der Waals surface area contributed by atoms with Crippen LogP contribution in [0.1, 0.15) is 55.4 Å². The third-order valence-corrected chi connectivity index (χ3v) is 20.9. The summed E-state index contributed by atoms with van der Waals surface area (Å²) in [5.74, 6) is 0. The highest BCUT2D eigenvalue weighted by Gasteiger charge is 2.53. The van der Waals surface area contributed by atoms with E-state index in [1.165, 1.54) is 130 Å². The molecule has 0 saturated carbocycles. The number of nitrogens with one attached hydrogen (secondary N) is 1. The summed E-state index contributed by atoms with van der Waals surface area (Å²) in [4.78, 5) is 0. The van der Waals surface area contributed by atoms with Gasteiger partial charge in [-0.15, -0.1) is 0 Å². The molecule has 2 heterocycles. The van der Waals surface area contributed by atoms with Crippen LogP contribution in [0.2, 0.25) is 5.02 Å². The molecule has 0 aromatic heterocycles. The molecule has 0 spiro atoms. The van der Waals surface area contributed by atoms with Gasteiger partial charge < -0.3 is 32.8 Å². The van der Waals surface area contributed by atoms with Gasteiger partial charge in [-0.1, -0.05) is 248 Å². The monoisotopic (exact) mass is 1270 g/mol. The van der Waals surface area contributed by atoms with Gasteiger partial charge in [-0.25, -0.2) is 0 Å². The highest BCUT2D eigenvalue weighted by atomic mass is 35.5. The Hall–Kier alpha value is -9.26. The van der Waals surface area contributed by atoms with Crippen LogP contribution in [0.3, 0.4) is 0 Å². The van der Waals surface area contributed by atoms with Gasteiger partial charge in [0.1, 0.15) is 0 Å². The van der Waals surface area contributed by atoms with E-state index in [1.807, 2.05) is 12.1 Å². The number of benzene rings is 16. The Morgan fingerprint density at radius 3 is 0.832 bits per heavy atom. The van der Waals surface area contributed by atoms with Crippen LogP contribution < -0.4 is 10.9 Å². The molecule has 0 amide bonds. The van der Waals surface area contributed by atoms with Gasteiger partial charge in [0.15, 0.2) is 0 Å². The summed E-state index contributed by atoms with van der Waals surface area (Å²) >= 11 is 6.14. The molecular weight excluding hydrogens is 1200 g/mol. The maximum Gasteiger partial charge on any atom is 0.494 e. The standard InChI is InChI=1S/C46H28.C22H30B2O4.C18H11Cl.HNP/c1-3-7-39-29(5-1)17-23-43-41(39)21-19-31-9-11-37(27-45(31)43)35-15-13-34-26-36(16-14-33(34)25-35)38-12-10-32-20-22-42-40-8-4-2-6-30(40)18-24-44(42)46(32)28-38;1-19(2)20(3,4)26-23(25-19)17-11-9-16-14-18(12-10-15(16)13-17)24-27-21(5,6)22(7,8)28-24;19-14-8-5-13-7-9-16-15-4-2-1-3-12(15)6-10-17(16)18(13)11-14;1-2/h1-28H;9-14H,1-8H3;1-11H;1H/q;;;-1. The van der Waals surface area contributed by atoms with Crippen molar-refractivity contribution in [1.82, 2.24) is 0 Å². The summed E-state index contributed by atoms with van der Waals surface area (Å²) < 4.78 is 24.8. The molecule has 9 heteroatoms. The third kappa shape index (κ3) is 11.3. The molecule has 2 saturated heterocycles. The fourth-order valence-corrected chi connectivity index (χ4v) is 14.1. The van der Waals surface area contributed by atoms with Crippen LogP contribution in [0.25, 0.3) is 141 Å². The van der Waals surface area contributed by atoms with Crippen molar-refractivity contribution in [2.24, 2.45) is 0 Å². The lowest BCUT2D eigenvalue weighted by Gasteiger charge is -2.32. The van der Waals surface area contributed by atoms with E-state index in [0.29, 0.717) is 0 Å². The van der Waals surface area contributed by atoms with Crippen LogP contribution in [0.5, 0.6) is 0 Å². The third-order valence-electron chi connectivity index (χ3n) is 20.6. The highest BCUT2D eigenvalue weighted by Crippen LogP contribution is 2.41. The minimum Gasteiger partial charge on any atom is -0.614 e. The van der Waals surface area contributed by atoms with Crippen LogP contribution in [-0.4, -0.2) is 36.6 Å². The quantitative estimate of drug-likeness (QED) is 0.108. The summed E-state index contributed by atoms with van der Waals surface area (Å²) in [6.07, 6.45) is 0. The van der Waals surface area contributed by atoms with Crippen molar-refractivity contribution in [3.8, 4) is 22.3 Å². The summed E-state index contributed by atoms with van der Waals surface area (Å²) in [5, 5.41) is 34.1. The van der Waals surface area contributed by atoms with Crippen LogP contribution in [0.15, 0.2) is 273 Å². The van der Waals surface area contributed by atoms with E-state index in [2.05, 4.69) is 325 Å². The predicted octanol–water partition coefficient (Wildman–Crippen LogP) is 23.5. The second-order valence-corrected chi connectivity index (χ2v) is 27.8. The number of hydrogen-bond donors (Lipinski definition) is 1. The van der Waals surface area contributed by atoms with E-state index >= 15 is 0 Å². The molecule has 0 unspecified atom stereocenters. The number of hydrogen-bond acceptors (Lipinski definition) is 5. The van der Waals surface area contributed by atoms with Crippen LogP contribution >= 0.6 is 20.6 Å². The van der Waals surface area contributed by atoms with Crippen molar-refractivity contribution in [2.75, 3.05) is 0 Å². The smallest absolute Gasteiger partial charge is 0.494 e. The first-order valence-electron chi connectivity index (χ1n) is 32.6. The van der Waals surface area contributed by atoms with Crippen LogP contribution in [0.4, 0.5) is 0 Å². The molecule has 2 aliphatic heterocycles. The van der Waals surface area contributed by atoms with Crippen molar-refractivity contribution in [3.63, 3.8) is 0 Å². The zero-order valence-electron chi connectivity index (χ0n) is 54.6. The minimum absolute atomic E-state index is 0.340. The second-order valence-electron chi connectivity index (χ2n) is 27.4. The van der Waals surface area contributed by atoms with Gasteiger partial charge in [0.05, 0.1) is 22.4 Å². The van der Waals surface area contributed by atoms with Gasteiger partial charge in [-0.05, 0) is 243 Å². The molecule has 16 aromatic rings. The van der Waals surface area contributed by atoms with E-state index < -0.39 is 0 Å². The van der Waals surface area contributed by atoms with Crippen molar-refractivity contribution >= 4 is 164 Å². The summed E-state index contributed by atoms with van der Waals surface area (Å²) in [7, 11) is 2.08. The Labute approximate surface area is 562 Å². The Morgan fingerprint density at radius 2 is 0.484 bits per heavy atom. The first-order valence-corrected chi connectivity index (χ1v) is 33.4. The molecule has 0 bridgehead atoms. The molecule has 16 aromatic carbocycles. The van der Waals surface area contributed by atoms with Gasteiger partial charge >= 0.3 is 14.2 Å². The fraction of sp³-hybridized carbons (Fsp3) is 0.140. The van der Waals surface area contributed by atoms with Crippen molar-refractivity contribution < 1.29 is 18.6 Å². The topological polar surface area (TPSA) is 60.8 Å². The lowest BCUT2D eigenvalue weighted by atomic mass is 9.76. The Balaban J connectivity index is 0.000000128. The molecule has 2 fully saturated rings. The van der Waals surface area contributed by atoms with Gasteiger partial charge in [0.25, 0.3) is 0 Å². The molecule has 5 nitrogen and oxygen atoms in total. The molecule has 18 rings (SSSR count). The summed E-state index contributed by atoms with van der Waals surface area (Å²) in [5.41, 5.74) is 5.68. The van der Waals surface area contributed by atoms with Gasteiger partial charge in [0, 0.05) is 5.02 Å². The van der Waals surface area contributed by atoms with E-state index in [-0.39, 0.29) is 36.6 Å². The summed E-state index contributed by atoms with van der Waals surface area (Å²) in [6.45, 7) is 16.6. The van der Waals surface area contributed by atoms with E-state index in [4.69, 9.17) is 35.4 Å². The van der Waals surface area contributed by atoms with Crippen LogP contribution in [-0.2, 0) is 18.6 Å². The Morgan fingerprint density at radius 1 is 0.242 bits per heavy atom. The molecule has 0 atom stereocenters. The molecule has 1 N–H and O–H groups in total. The molecule has 0 radical (unpaired) electrons. The average molecular weight is 1270 g/mol. The largest absolute Gasteiger partial charge is 0.614 e. The van der Waals surface area contributed by atoms with E-state index in [1.54, 1.807) is 0 Å².